The van der Waals surface area contributed by atoms with Crippen LogP contribution in [0.4, 0.5) is 17.1 Å². The molecule has 10 aromatic rings. The van der Waals surface area contributed by atoms with E-state index in [1.54, 1.807) is 0 Å². The molecule has 0 N–H and O–H groups in total. The quantitative estimate of drug-likeness (QED) is 0.175. The molecule has 0 aliphatic heterocycles. The Bertz CT molecular complexity index is 3220. The summed E-state index contributed by atoms with van der Waals surface area (Å²) in [7, 11) is 0. The molecular formula is C55H40N2O2. The van der Waals surface area contributed by atoms with Gasteiger partial charge in [0.25, 0.3) is 0 Å². The summed E-state index contributed by atoms with van der Waals surface area (Å²) >= 11 is 0. The predicted octanol–water partition coefficient (Wildman–Crippen LogP) is 15.1. The van der Waals surface area contributed by atoms with E-state index in [9.17, 15) is 0 Å². The molecule has 2 heterocycles. The maximum Gasteiger partial charge on any atom is 0.227 e. The average Bonchev–Trinajstić information content (AvgIpc) is 3.97. The Hall–Kier alpha value is -7.17. The van der Waals surface area contributed by atoms with Crippen LogP contribution in [0.5, 0.6) is 0 Å². The number of anilines is 3. The van der Waals surface area contributed by atoms with Crippen molar-refractivity contribution in [3.63, 3.8) is 0 Å². The monoisotopic (exact) mass is 760 g/mol. The van der Waals surface area contributed by atoms with Gasteiger partial charge in [0, 0.05) is 50.3 Å². The van der Waals surface area contributed by atoms with Gasteiger partial charge in [-0.2, -0.15) is 0 Å². The summed E-state index contributed by atoms with van der Waals surface area (Å²) in [5, 5.41) is 2.08. The number of rotatable bonds is 5. The standard InChI is InChI=1S/C55H40N2O2/c1-54(2)45-16-10-8-14-39(45)42-29-37(23-26-47(42)54)57(38-24-27-48-43(30-38)40-15-9-11-17-46(40)55(48,3)4)36-21-18-33(19-22-36)35-20-25-41-44-31-49-52(32-51(44)58-50(41)28-35)59-53(56-49)34-12-6-5-7-13-34/h5-32H,1-4H3. The largest absolute Gasteiger partial charge is 0.456 e. The van der Waals surface area contributed by atoms with Gasteiger partial charge < -0.3 is 13.7 Å². The highest BCUT2D eigenvalue weighted by Crippen LogP contribution is 2.53. The Morgan fingerprint density at radius 2 is 0.932 bits per heavy atom. The van der Waals surface area contributed by atoms with Crippen molar-refractivity contribution in [1.82, 2.24) is 4.98 Å². The minimum absolute atomic E-state index is 0.0611. The maximum absolute atomic E-state index is 6.47. The average molecular weight is 761 g/mol. The number of aromatic nitrogens is 1. The van der Waals surface area contributed by atoms with Gasteiger partial charge in [-0.3, -0.25) is 0 Å². The lowest BCUT2D eigenvalue weighted by molar-refractivity contribution is 0.617. The number of benzene rings is 8. The number of nitrogens with zero attached hydrogens (tertiary/aromatic N) is 2. The Kier molecular flexibility index (Phi) is 7.00. The third-order valence-corrected chi connectivity index (χ3v) is 13.1. The van der Waals surface area contributed by atoms with Gasteiger partial charge >= 0.3 is 0 Å². The van der Waals surface area contributed by atoms with E-state index in [2.05, 4.69) is 166 Å². The molecular weight excluding hydrogens is 721 g/mol. The highest BCUT2D eigenvalue weighted by molar-refractivity contribution is 6.09. The summed E-state index contributed by atoms with van der Waals surface area (Å²) in [5.74, 6) is 0.609. The summed E-state index contributed by atoms with van der Waals surface area (Å²) in [4.78, 5) is 7.22. The zero-order valence-corrected chi connectivity index (χ0v) is 33.4. The molecule has 2 aromatic heterocycles. The van der Waals surface area contributed by atoms with Crippen molar-refractivity contribution in [1.29, 1.82) is 0 Å². The van der Waals surface area contributed by atoms with E-state index in [4.69, 9.17) is 13.8 Å². The first-order valence-electron chi connectivity index (χ1n) is 20.4. The second-order valence-electron chi connectivity index (χ2n) is 17.2. The third kappa shape index (κ3) is 4.99. The molecule has 0 fully saturated rings. The molecule has 12 rings (SSSR count). The Morgan fingerprint density at radius 3 is 1.58 bits per heavy atom. The minimum atomic E-state index is -0.0611. The van der Waals surface area contributed by atoms with Crippen molar-refractivity contribution in [2.24, 2.45) is 0 Å². The number of fused-ring (bicyclic) bond motifs is 10. The lowest BCUT2D eigenvalue weighted by Crippen LogP contribution is -2.16. The van der Waals surface area contributed by atoms with Crippen LogP contribution in [0.15, 0.2) is 179 Å². The van der Waals surface area contributed by atoms with Crippen molar-refractivity contribution < 1.29 is 8.83 Å². The van der Waals surface area contributed by atoms with Crippen LogP contribution in [0.25, 0.3) is 77.9 Å². The van der Waals surface area contributed by atoms with Gasteiger partial charge in [0.15, 0.2) is 5.58 Å². The zero-order chi connectivity index (χ0) is 39.6. The third-order valence-electron chi connectivity index (χ3n) is 13.1. The highest BCUT2D eigenvalue weighted by Gasteiger charge is 2.37. The highest BCUT2D eigenvalue weighted by atomic mass is 16.4. The van der Waals surface area contributed by atoms with Crippen molar-refractivity contribution in [2.75, 3.05) is 4.90 Å². The molecule has 0 amide bonds. The fourth-order valence-electron chi connectivity index (χ4n) is 10.0. The van der Waals surface area contributed by atoms with Gasteiger partial charge in [-0.1, -0.05) is 125 Å². The van der Waals surface area contributed by atoms with E-state index in [-0.39, 0.29) is 10.8 Å². The van der Waals surface area contributed by atoms with Gasteiger partial charge in [0.2, 0.25) is 5.89 Å². The van der Waals surface area contributed by atoms with Crippen LogP contribution >= 0.6 is 0 Å². The first-order valence-corrected chi connectivity index (χ1v) is 20.4. The summed E-state index contributed by atoms with van der Waals surface area (Å²) in [6, 6.07) is 61.3. The first kappa shape index (κ1) is 33.9. The van der Waals surface area contributed by atoms with E-state index in [1.165, 1.54) is 44.5 Å². The van der Waals surface area contributed by atoms with Gasteiger partial charge in [-0.25, -0.2) is 4.98 Å². The fourth-order valence-corrected chi connectivity index (χ4v) is 10.0. The SMILES string of the molecule is CC1(C)c2ccccc2-c2cc(N(c3ccc(-c4ccc5c(c4)oc4cc6oc(-c7ccccc7)nc6cc45)cc3)c3ccc4c(c3)-c3ccccc3C4(C)C)ccc21. The molecule has 59 heavy (non-hydrogen) atoms. The summed E-state index contributed by atoms with van der Waals surface area (Å²) in [6.07, 6.45) is 0. The normalized spacial score (nSPS) is 14.4. The van der Waals surface area contributed by atoms with Crippen LogP contribution in [-0.2, 0) is 10.8 Å². The number of hydrogen-bond donors (Lipinski definition) is 0. The van der Waals surface area contributed by atoms with Crippen LogP contribution in [0.2, 0.25) is 0 Å². The van der Waals surface area contributed by atoms with Crippen molar-refractivity contribution in [3.05, 3.63) is 192 Å². The lowest BCUT2D eigenvalue weighted by Gasteiger charge is -2.28. The Balaban J connectivity index is 0.948. The molecule has 0 spiro atoms. The predicted molar refractivity (Wildman–Crippen MR) is 242 cm³/mol. The van der Waals surface area contributed by atoms with Crippen LogP contribution in [0.3, 0.4) is 0 Å². The molecule has 0 unspecified atom stereocenters. The molecule has 4 nitrogen and oxygen atoms in total. The van der Waals surface area contributed by atoms with Crippen LogP contribution in [0.1, 0.15) is 49.9 Å². The number of furan rings is 1. The topological polar surface area (TPSA) is 42.4 Å². The van der Waals surface area contributed by atoms with Crippen LogP contribution in [-0.4, -0.2) is 4.98 Å². The van der Waals surface area contributed by atoms with Gasteiger partial charge in [0.1, 0.15) is 16.7 Å². The summed E-state index contributed by atoms with van der Waals surface area (Å²) in [5.41, 5.74) is 20.3. The second kappa shape index (κ2) is 12.2. The van der Waals surface area contributed by atoms with E-state index in [0.717, 1.165) is 61.2 Å². The van der Waals surface area contributed by atoms with Crippen LogP contribution < -0.4 is 4.90 Å². The molecule has 0 saturated heterocycles. The van der Waals surface area contributed by atoms with E-state index >= 15 is 0 Å². The van der Waals surface area contributed by atoms with E-state index in [1.807, 2.05) is 36.4 Å². The summed E-state index contributed by atoms with van der Waals surface area (Å²) < 4.78 is 12.6. The van der Waals surface area contributed by atoms with Gasteiger partial charge in [0.05, 0.1) is 0 Å². The summed E-state index contributed by atoms with van der Waals surface area (Å²) in [6.45, 7) is 9.36. The molecule has 0 bridgehead atoms. The van der Waals surface area contributed by atoms with Gasteiger partial charge in [-0.15, -0.1) is 0 Å². The maximum atomic E-state index is 6.47. The van der Waals surface area contributed by atoms with Crippen molar-refractivity contribution >= 4 is 50.1 Å². The number of hydrogen-bond acceptors (Lipinski definition) is 4. The molecule has 0 atom stereocenters. The smallest absolute Gasteiger partial charge is 0.227 e. The molecule has 4 heteroatoms. The van der Waals surface area contributed by atoms with E-state index < -0.39 is 0 Å². The fraction of sp³-hybridized carbons (Fsp3) is 0.109. The lowest BCUT2D eigenvalue weighted by atomic mass is 9.82. The molecule has 2 aliphatic rings. The van der Waals surface area contributed by atoms with Crippen molar-refractivity contribution in [3.8, 4) is 44.8 Å². The second-order valence-corrected chi connectivity index (χ2v) is 17.2. The van der Waals surface area contributed by atoms with Gasteiger partial charge in [-0.05, 0) is 122 Å². The zero-order valence-electron chi connectivity index (χ0n) is 33.4. The first-order chi connectivity index (χ1) is 28.7. The number of oxazole rings is 1. The molecule has 282 valence electrons. The Morgan fingerprint density at radius 1 is 0.390 bits per heavy atom. The molecule has 8 aromatic carbocycles. The van der Waals surface area contributed by atoms with Crippen molar-refractivity contribution in [2.45, 2.75) is 38.5 Å². The molecule has 0 saturated carbocycles. The minimum Gasteiger partial charge on any atom is -0.456 e. The molecule has 2 aliphatic carbocycles. The van der Waals surface area contributed by atoms with E-state index in [0.29, 0.717) is 11.5 Å². The van der Waals surface area contributed by atoms with Crippen LogP contribution in [0, 0.1) is 0 Å². The molecule has 0 radical (unpaired) electrons. The Labute approximate surface area is 343 Å².